The van der Waals surface area contributed by atoms with Gasteiger partial charge < -0.3 is 11.5 Å². The van der Waals surface area contributed by atoms with Gasteiger partial charge in [-0.3, -0.25) is 0 Å². The Morgan fingerprint density at radius 1 is 1.43 bits per heavy atom. The minimum atomic E-state index is 0.248. The summed E-state index contributed by atoms with van der Waals surface area (Å²) < 4.78 is 0. The van der Waals surface area contributed by atoms with Crippen molar-refractivity contribution in [2.24, 2.45) is 23.3 Å². The van der Waals surface area contributed by atoms with E-state index in [1.165, 1.54) is 5.57 Å². The van der Waals surface area contributed by atoms with Crippen molar-refractivity contribution in [1.29, 1.82) is 0 Å². The maximum atomic E-state index is 6.27. The fraction of sp³-hybridized carbons (Fsp3) is 0.833. The predicted octanol–water partition coefficient (Wildman–Crippen LogP) is 2.04. The molecule has 0 aromatic heterocycles. The molecule has 14 heavy (non-hydrogen) atoms. The summed E-state index contributed by atoms with van der Waals surface area (Å²) in [6, 6.07) is 0.503. The zero-order valence-corrected chi connectivity index (χ0v) is 9.66. The summed E-state index contributed by atoms with van der Waals surface area (Å²) in [5.74, 6) is 1.02. The van der Waals surface area contributed by atoms with E-state index in [2.05, 4.69) is 26.8 Å². The minimum Gasteiger partial charge on any atom is -0.327 e. The smallest absolute Gasteiger partial charge is 0.0154 e. The molecule has 0 radical (unpaired) electrons. The lowest BCUT2D eigenvalue weighted by Crippen LogP contribution is -2.43. The molecule has 0 aliphatic heterocycles. The fourth-order valence-electron chi connectivity index (χ4n) is 2.57. The van der Waals surface area contributed by atoms with Crippen molar-refractivity contribution in [3.05, 3.63) is 11.6 Å². The van der Waals surface area contributed by atoms with Crippen LogP contribution in [0.5, 0.6) is 0 Å². The predicted molar refractivity (Wildman–Crippen MR) is 61.9 cm³/mol. The second-order valence-electron chi connectivity index (χ2n) is 4.61. The van der Waals surface area contributed by atoms with Crippen LogP contribution in [-0.2, 0) is 0 Å². The van der Waals surface area contributed by atoms with Crippen LogP contribution in [0.1, 0.15) is 40.0 Å². The first kappa shape index (κ1) is 11.7. The third-order valence-corrected chi connectivity index (χ3v) is 3.57. The zero-order chi connectivity index (χ0) is 10.7. The number of hydrogen-bond donors (Lipinski definition) is 2. The molecule has 0 aromatic carbocycles. The first-order chi connectivity index (χ1) is 6.60. The Kier molecular flexibility index (Phi) is 4.14. The highest BCUT2D eigenvalue weighted by atomic mass is 14.8. The van der Waals surface area contributed by atoms with Crippen molar-refractivity contribution in [1.82, 2.24) is 0 Å². The zero-order valence-electron chi connectivity index (χ0n) is 9.66. The molecule has 0 amide bonds. The van der Waals surface area contributed by atoms with Gasteiger partial charge >= 0.3 is 0 Å². The molecular formula is C12H24N2. The monoisotopic (exact) mass is 196 g/mol. The Balaban J connectivity index is 2.63. The van der Waals surface area contributed by atoms with E-state index in [1.54, 1.807) is 0 Å². The molecule has 1 rings (SSSR count). The lowest BCUT2D eigenvalue weighted by molar-refractivity contribution is 0.308. The molecule has 4 N–H and O–H groups in total. The van der Waals surface area contributed by atoms with Crippen LogP contribution in [0.15, 0.2) is 11.6 Å². The summed E-state index contributed by atoms with van der Waals surface area (Å²) in [5.41, 5.74) is 13.8. The molecule has 82 valence electrons. The molecule has 0 fully saturated rings. The molecule has 0 saturated carbocycles. The van der Waals surface area contributed by atoms with Gasteiger partial charge in [-0.15, -0.1) is 0 Å². The standard InChI is InChI=1S/C12H24N2/c1-4-9(5-2)12(14)10-6-8(3)7-11(10)13/h6,9-12H,4-5,7,13-14H2,1-3H3/t10-,11-,12?/m1/s1. The van der Waals surface area contributed by atoms with E-state index in [9.17, 15) is 0 Å². The Morgan fingerprint density at radius 3 is 2.36 bits per heavy atom. The van der Waals surface area contributed by atoms with Crippen LogP contribution in [0.25, 0.3) is 0 Å². The highest BCUT2D eigenvalue weighted by molar-refractivity contribution is 5.16. The maximum Gasteiger partial charge on any atom is 0.0154 e. The van der Waals surface area contributed by atoms with Crippen molar-refractivity contribution in [2.45, 2.75) is 52.1 Å². The van der Waals surface area contributed by atoms with E-state index >= 15 is 0 Å². The van der Waals surface area contributed by atoms with Gasteiger partial charge in [-0.2, -0.15) is 0 Å². The van der Waals surface area contributed by atoms with Gasteiger partial charge in [0.25, 0.3) is 0 Å². The third kappa shape index (κ3) is 2.37. The summed E-state index contributed by atoms with van der Waals surface area (Å²) in [5, 5.41) is 0. The van der Waals surface area contributed by atoms with E-state index in [1.807, 2.05) is 0 Å². The van der Waals surface area contributed by atoms with Crippen molar-refractivity contribution in [3.8, 4) is 0 Å². The first-order valence-corrected chi connectivity index (χ1v) is 5.78. The van der Waals surface area contributed by atoms with Crippen LogP contribution >= 0.6 is 0 Å². The van der Waals surface area contributed by atoms with Gasteiger partial charge in [0.2, 0.25) is 0 Å². The molecule has 0 heterocycles. The van der Waals surface area contributed by atoms with Crippen LogP contribution in [0.2, 0.25) is 0 Å². The molecule has 1 aliphatic carbocycles. The van der Waals surface area contributed by atoms with Gasteiger partial charge in [-0.1, -0.05) is 38.3 Å². The lowest BCUT2D eigenvalue weighted by atomic mass is 9.83. The van der Waals surface area contributed by atoms with E-state index in [-0.39, 0.29) is 12.1 Å². The van der Waals surface area contributed by atoms with Crippen molar-refractivity contribution in [3.63, 3.8) is 0 Å². The fourth-order valence-corrected chi connectivity index (χ4v) is 2.57. The Morgan fingerprint density at radius 2 is 2.00 bits per heavy atom. The van der Waals surface area contributed by atoms with Gasteiger partial charge in [0.05, 0.1) is 0 Å². The van der Waals surface area contributed by atoms with Crippen molar-refractivity contribution in [2.75, 3.05) is 0 Å². The normalized spacial score (nSPS) is 29.4. The highest BCUT2D eigenvalue weighted by Crippen LogP contribution is 2.29. The average molecular weight is 196 g/mol. The molecule has 1 aliphatic rings. The molecule has 0 saturated heterocycles. The largest absolute Gasteiger partial charge is 0.327 e. The van der Waals surface area contributed by atoms with Crippen molar-refractivity contribution >= 4 is 0 Å². The summed E-state index contributed by atoms with van der Waals surface area (Å²) in [6.45, 7) is 6.58. The maximum absolute atomic E-state index is 6.27. The topological polar surface area (TPSA) is 52.0 Å². The second kappa shape index (κ2) is 4.94. The first-order valence-electron chi connectivity index (χ1n) is 5.78. The molecule has 0 spiro atoms. The van der Waals surface area contributed by atoms with E-state index in [4.69, 9.17) is 11.5 Å². The summed E-state index contributed by atoms with van der Waals surface area (Å²) in [7, 11) is 0. The Labute approximate surface area is 87.7 Å². The number of nitrogens with two attached hydrogens (primary N) is 2. The van der Waals surface area contributed by atoms with Gasteiger partial charge in [0.1, 0.15) is 0 Å². The van der Waals surface area contributed by atoms with E-state index in [0.29, 0.717) is 11.8 Å². The van der Waals surface area contributed by atoms with Crippen LogP contribution in [-0.4, -0.2) is 12.1 Å². The second-order valence-corrected chi connectivity index (χ2v) is 4.61. The van der Waals surface area contributed by atoms with Crippen LogP contribution in [0, 0.1) is 11.8 Å². The summed E-state index contributed by atoms with van der Waals surface area (Å²) in [6.07, 6.45) is 5.63. The van der Waals surface area contributed by atoms with E-state index < -0.39 is 0 Å². The Hall–Kier alpha value is -0.340. The number of rotatable bonds is 4. The quantitative estimate of drug-likeness (QED) is 0.676. The van der Waals surface area contributed by atoms with Crippen LogP contribution in [0.3, 0.4) is 0 Å². The van der Waals surface area contributed by atoms with Crippen LogP contribution in [0.4, 0.5) is 0 Å². The molecule has 2 nitrogen and oxygen atoms in total. The Bertz CT molecular complexity index is 206. The molecule has 0 bridgehead atoms. The molecule has 1 unspecified atom stereocenters. The highest BCUT2D eigenvalue weighted by Gasteiger charge is 2.30. The van der Waals surface area contributed by atoms with Gasteiger partial charge in [0.15, 0.2) is 0 Å². The van der Waals surface area contributed by atoms with Gasteiger partial charge in [0, 0.05) is 18.0 Å². The van der Waals surface area contributed by atoms with E-state index in [0.717, 1.165) is 19.3 Å². The average Bonchev–Trinajstić information content (AvgIpc) is 2.47. The minimum absolute atomic E-state index is 0.248. The summed E-state index contributed by atoms with van der Waals surface area (Å²) in [4.78, 5) is 0. The molecule has 3 atom stereocenters. The number of hydrogen-bond acceptors (Lipinski definition) is 2. The third-order valence-electron chi connectivity index (χ3n) is 3.57. The van der Waals surface area contributed by atoms with Gasteiger partial charge in [-0.05, 0) is 19.3 Å². The molecule has 2 heteroatoms. The molecule has 0 aromatic rings. The summed E-state index contributed by atoms with van der Waals surface area (Å²) >= 11 is 0. The lowest BCUT2D eigenvalue weighted by Gasteiger charge is -2.28. The van der Waals surface area contributed by atoms with Gasteiger partial charge in [-0.25, -0.2) is 0 Å². The SMILES string of the molecule is CCC(CC)C(N)[C@@H]1C=C(C)C[C@H]1N. The van der Waals surface area contributed by atoms with Crippen LogP contribution < -0.4 is 11.5 Å². The van der Waals surface area contributed by atoms with Crippen molar-refractivity contribution < 1.29 is 0 Å². The molecular weight excluding hydrogens is 172 g/mol.